The Kier molecular flexibility index (Phi) is 5.83. The van der Waals surface area contributed by atoms with Crippen LogP contribution >= 0.6 is 38.9 Å². The van der Waals surface area contributed by atoms with Gasteiger partial charge < -0.3 is 0 Å². The maximum absolute atomic E-state index is 12.4. The van der Waals surface area contributed by atoms with Gasteiger partial charge in [-0.05, 0) is 36.2 Å². The minimum Gasteiger partial charge on any atom is -0.290 e. The van der Waals surface area contributed by atoms with Crippen molar-refractivity contribution in [3.8, 4) is 10.6 Å². The summed E-state index contributed by atoms with van der Waals surface area (Å²) < 4.78 is 1.01. The number of benzene rings is 2. The Morgan fingerprint density at radius 3 is 2.48 bits per heavy atom. The number of aromatic nitrogens is 2. The molecular formula is C18H15BrClN3OS. The molecule has 0 atom stereocenters. The maximum atomic E-state index is 12.4. The number of halogens is 2. The van der Waals surface area contributed by atoms with E-state index in [2.05, 4.69) is 26.1 Å². The fourth-order valence-electron chi connectivity index (χ4n) is 2.24. The van der Waals surface area contributed by atoms with Crippen molar-refractivity contribution in [1.82, 2.24) is 10.2 Å². The molecule has 1 aromatic heterocycles. The molecule has 0 radical (unpaired) electrons. The quantitative estimate of drug-likeness (QED) is 0.551. The molecule has 3 aromatic rings. The Labute approximate surface area is 163 Å². The van der Waals surface area contributed by atoms with Gasteiger partial charge in [0.15, 0.2) is 0 Å². The van der Waals surface area contributed by atoms with Crippen LogP contribution in [0.4, 0.5) is 5.13 Å². The smallest absolute Gasteiger partial charge is 0.228 e. The van der Waals surface area contributed by atoms with Crippen molar-refractivity contribution in [2.75, 3.05) is 11.9 Å². The first-order valence-electron chi connectivity index (χ1n) is 7.63. The molecule has 0 unspecified atom stereocenters. The van der Waals surface area contributed by atoms with Crippen LogP contribution in [-0.2, 0) is 11.2 Å². The number of nitrogens with zero attached hydrogens (tertiary/aromatic N) is 3. The third kappa shape index (κ3) is 4.66. The van der Waals surface area contributed by atoms with E-state index in [0.717, 1.165) is 20.6 Å². The molecule has 0 aliphatic carbocycles. The summed E-state index contributed by atoms with van der Waals surface area (Å²) in [6, 6.07) is 15.4. The predicted molar refractivity (Wildman–Crippen MR) is 106 cm³/mol. The normalized spacial score (nSPS) is 10.7. The molecular weight excluding hydrogens is 422 g/mol. The number of amides is 1. The first kappa shape index (κ1) is 18.0. The third-order valence-electron chi connectivity index (χ3n) is 3.71. The summed E-state index contributed by atoms with van der Waals surface area (Å²) in [5.41, 5.74) is 2.06. The molecule has 0 aliphatic rings. The highest BCUT2D eigenvalue weighted by molar-refractivity contribution is 9.10. The van der Waals surface area contributed by atoms with Gasteiger partial charge in [0.25, 0.3) is 0 Å². The zero-order valence-corrected chi connectivity index (χ0v) is 16.6. The molecule has 3 rings (SSSR count). The lowest BCUT2D eigenvalue weighted by molar-refractivity contribution is -0.118. The Bertz CT molecular complexity index is 865. The Balaban J connectivity index is 1.64. The molecule has 25 heavy (non-hydrogen) atoms. The first-order chi connectivity index (χ1) is 12.0. The van der Waals surface area contributed by atoms with Gasteiger partial charge in [0.05, 0.1) is 0 Å². The molecule has 4 nitrogen and oxygen atoms in total. The standard InChI is InChI=1S/C18H15BrClN3OS/c1-23(16(24)11-4-12-2-9-15(20)10-3-12)18-22-21-17(25-18)13-5-7-14(19)8-6-13/h2-3,5-10H,4,11H2,1H3. The highest BCUT2D eigenvalue weighted by atomic mass is 79.9. The summed E-state index contributed by atoms with van der Waals surface area (Å²) in [5.74, 6) is 0.00783. The summed E-state index contributed by atoms with van der Waals surface area (Å²) in [4.78, 5) is 14.0. The van der Waals surface area contributed by atoms with Crippen LogP contribution in [0.2, 0.25) is 5.02 Å². The Morgan fingerprint density at radius 1 is 1.12 bits per heavy atom. The van der Waals surface area contributed by atoms with Gasteiger partial charge >= 0.3 is 0 Å². The Morgan fingerprint density at radius 2 is 1.80 bits per heavy atom. The SMILES string of the molecule is CN(C(=O)CCc1ccc(Cl)cc1)c1nnc(-c2ccc(Br)cc2)s1. The number of rotatable bonds is 5. The molecule has 0 saturated carbocycles. The van der Waals surface area contributed by atoms with Crippen molar-refractivity contribution in [1.29, 1.82) is 0 Å². The number of hydrogen-bond donors (Lipinski definition) is 0. The van der Waals surface area contributed by atoms with Crippen LogP contribution in [0.25, 0.3) is 10.6 Å². The van der Waals surface area contributed by atoms with Crippen LogP contribution in [0.15, 0.2) is 53.0 Å². The zero-order chi connectivity index (χ0) is 17.8. The highest BCUT2D eigenvalue weighted by Gasteiger charge is 2.16. The molecule has 0 aliphatic heterocycles. The number of anilines is 1. The van der Waals surface area contributed by atoms with Gasteiger partial charge in [0.1, 0.15) is 5.01 Å². The Hall–Kier alpha value is -1.76. The van der Waals surface area contributed by atoms with E-state index in [4.69, 9.17) is 11.6 Å². The summed E-state index contributed by atoms with van der Waals surface area (Å²) >= 11 is 10.7. The van der Waals surface area contributed by atoms with Crippen LogP contribution in [0.3, 0.4) is 0 Å². The van der Waals surface area contributed by atoms with Crippen molar-refractivity contribution in [3.05, 3.63) is 63.6 Å². The molecule has 0 N–H and O–H groups in total. The minimum atomic E-state index is 0.00783. The van der Waals surface area contributed by atoms with E-state index in [1.54, 1.807) is 11.9 Å². The van der Waals surface area contributed by atoms with E-state index < -0.39 is 0 Å². The molecule has 1 amide bonds. The second-order valence-corrected chi connectivity index (χ2v) is 7.78. The predicted octanol–water partition coefficient (Wildman–Crippen LogP) is 5.22. The lowest BCUT2D eigenvalue weighted by Crippen LogP contribution is -2.26. The van der Waals surface area contributed by atoms with Gasteiger partial charge in [-0.2, -0.15) is 0 Å². The zero-order valence-electron chi connectivity index (χ0n) is 13.4. The van der Waals surface area contributed by atoms with Gasteiger partial charge in [-0.1, -0.05) is 63.1 Å². The van der Waals surface area contributed by atoms with E-state index >= 15 is 0 Å². The van der Waals surface area contributed by atoms with Crippen LogP contribution in [0.5, 0.6) is 0 Å². The second-order valence-electron chi connectivity index (χ2n) is 5.48. The highest BCUT2D eigenvalue weighted by Crippen LogP contribution is 2.29. The van der Waals surface area contributed by atoms with E-state index in [9.17, 15) is 4.79 Å². The van der Waals surface area contributed by atoms with Crippen LogP contribution < -0.4 is 4.90 Å². The van der Waals surface area contributed by atoms with E-state index in [0.29, 0.717) is 23.0 Å². The third-order valence-corrected chi connectivity index (χ3v) is 5.54. The van der Waals surface area contributed by atoms with Crippen molar-refractivity contribution < 1.29 is 4.79 Å². The molecule has 128 valence electrons. The van der Waals surface area contributed by atoms with Gasteiger partial charge in [-0.15, -0.1) is 10.2 Å². The van der Waals surface area contributed by atoms with Crippen LogP contribution in [0.1, 0.15) is 12.0 Å². The number of carbonyl (C=O) groups is 1. The van der Waals surface area contributed by atoms with Crippen molar-refractivity contribution in [2.45, 2.75) is 12.8 Å². The topological polar surface area (TPSA) is 46.1 Å². The summed E-state index contributed by atoms with van der Waals surface area (Å²) in [6.07, 6.45) is 1.07. The van der Waals surface area contributed by atoms with Gasteiger partial charge in [0, 0.05) is 28.5 Å². The number of aryl methyl sites for hydroxylation is 1. The van der Waals surface area contributed by atoms with Crippen molar-refractivity contribution in [2.24, 2.45) is 0 Å². The summed E-state index contributed by atoms with van der Waals surface area (Å²) in [6.45, 7) is 0. The lowest BCUT2D eigenvalue weighted by Gasteiger charge is -2.12. The van der Waals surface area contributed by atoms with Crippen LogP contribution in [0, 0.1) is 0 Å². The minimum absolute atomic E-state index is 0.00783. The molecule has 7 heteroatoms. The summed E-state index contributed by atoms with van der Waals surface area (Å²) in [7, 11) is 1.73. The molecule has 0 bridgehead atoms. The lowest BCUT2D eigenvalue weighted by atomic mass is 10.1. The molecule has 2 aromatic carbocycles. The average molecular weight is 437 g/mol. The van der Waals surface area contributed by atoms with E-state index in [1.807, 2.05) is 48.5 Å². The van der Waals surface area contributed by atoms with Gasteiger partial charge in [-0.3, -0.25) is 9.69 Å². The van der Waals surface area contributed by atoms with E-state index in [1.165, 1.54) is 11.3 Å². The van der Waals surface area contributed by atoms with E-state index in [-0.39, 0.29) is 5.91 Å². The largest absolute Gasteiger partial charge is 0.290 e. The molecule has 0 fully saturated rings. The average Bonchev–Trinajstić information content (AvgIpc) is 3.11. The van der Waals surface area contributed by atoms with Crippen molar-refractivity contribution in [3.63, 3.8) is 0 Å². The van der Waals surface area contributed by atoms with Crippen LogP contribution in [-0.4, -0.2) is 23.2 Å². The monoisotopic (exact) mass is 435 g/mol. The van der Waals surface area contributed by atoms with Gasteiger partial charge in [-0.25, -0.2) is 0 Å². The fourth-order valence-corrected chi connectivity index (χ4v) is 3.46. The first-order valence-corrected chi connectivity index (χ1v) is 9.62. The fraction of sp³-hybridized carbons (Fsp3) is 0.167. The number of hydrogen-bond acceptors (Lipinski definition) is 4. The maximum Gasteiger partial charge on any atom is 0.228 e. The molecule has 0 spiro atoms. The molecule has 0 saturated heterocycles. The van der Waals surface area contributed by atoms with Crippen molar-refractivity contribution >= 4 is 49.9 Å². The number of carbonyl (C=O) groups excluding carboxylic acids is 1. The van der Waals surface area contributed by atoms with Gasteiger partial charge in [0.2, 0.25) is 11.0 Å². The second kappa shape index (κ2) is 8.08. The molecule has 1 heterocycles. The summed E-state index contributed by atoms with van der Waals surface area (Å²) in [5, 5.41) is 10.4.